The highest BCUT2D eigenvalue weighted by Gasteiger charge is 2.22. The summed E-state index contributed by atoms with van der Waals surface area (Å²) in [4.78, 5) is 24.1. The van der Waals surface area contributed by atoms with E-state index in [1.165, 1.54) is 7.11 Å². The molecule has 2 atom stereocenters. The van der Waals surface area contributed by atoms with Gasteiger partial charge in [-0.15, -0.1) is 12.4 Å². The Hall–Kier alpha value is -1.79. The molecule has 26 heavy (non-hydrogen) atoms. The summed E-state index contributed by atoms with van der Waals surface area (Å²) in [5.74, 6) is 0.0647. The molecule has 0 spiro atoms. The molecular formula is C19H29ClN2O4. The minimum Gasteiger partial charge on any atom is -0.494 e. The standard InChI is InChI=1S/C19H28N2O4.ClH/c1-3-25-17-8-6-14(7-9-17)11-15(19(23)24-2)13-21-18(22)12-16-5-4-10-20-16;/h6-9,15-16,20H,3-5,10-13H2,1-2H3,(H,21,22);1H. The topological polar surface area (TPSA) is 76.7 Å². The van der Waals surface area contributed by atoms with Crippen LogP contribution in [0.5, 0.6) is 5.75 Å². The molecule has 1 heterocycles. The van der Waals surface area contributed by atoms with Gasteiger partial charge in [0.25, 0.3) is 0 Å². The second-order valence-electron chi connectivity index (χ2n) is 6.30. The van der Waals surface area contributed by atoms with Crippen molar-refractivity contribution in [2.75, 3.05) is 26.8 Å². The van der Waals surface area contributed by atoms with E-state index in [0.717, 1.165) is 30.7 Å². The summed E-state index contributed by atoms with van der Waals surface area (Å²) in [6.45, 7) is 3.81. The highest BCUT2D eigenvalue weighted by molar-refractivity contribution is 5.85. The van der Waals surface area contributed by atoms with Gasteiger partial charge in [-0.1, -0.05) is 12.1 Å². The molecule has 1 amide bonds. The van der Waals surface area contributed by atoms with Crippen molar-refractivity contribution in [1.29, 1.82) is 0 Å². The van der Waals surface area contributed by atoms with Crippen molar-refractivity contribution in [2.45, 2.75) is 38.6 Å². The van der Waals surface area contributed by atoms with Gasteiger partial charge >= 0.3 is 5.97 Å². The van der Waals surface area contributed by atoms with Crippen LogP contribution in [-0.2, 0) is 20.7 Å². The van der Waals surface area contributed by atoms with Crippen molar-refractivity contribution in [3.8, 4) is 5.75 Å². The molecule has 146 valence electrons. The molecule has 1 aromatic rings. The van der Waals surface area contributed by atoms with Crippen molar-refractivity contribution in [1.82, 2.24) is 10.6 Å². The predicted octanol–water partition coefficient (Wildman–Crippen LogP) is 2.10. The minimum absolute atomic E-state index is 0. The molecule has 1 fully saturated rings. The fraction of sp³-hybridized carbons (Fsp3) is 0.579. The first-order valence-electron chi connectivity index (χ1n) is 8.92. The maximum absolute atomic E-state index is 12.1. The van der Waals surface area contributed by atoms with E-state index in [1.807, 2.05) is 31.2 Å². The minimum atomic E-state index is -0.400. The number of carbonyl (C=O) groups is 2. The van der Waals surface area contributed by atoms with Crippen LogP contribution in [0.15, 0.2) is 24.3 Å². The lowest BCUT2D eigenvalue weighted by Gasteiger charge is -2.17. The van der Waals surface area contributed by atoms with Gasteiger partial charge in [0.2, 0.25) is 5.91 Å². The van der Waals surface area contributed by atoms with Crippen LogP contribution in [0.4, 0.5) is 0 Å². The SMILES string of the molecule is CCOc1ccc(CC(CNC(=O)CC2CCCN2)C(=O)OC)cc1.Cl. The van der Waals surface area contributed by atoms with Crippen molar-refractivity contribution in [2.24, 2.45) is 5.92 Å². The average Bonchev–Trinajstić information content (AvgIpc) is 3.12. The molecule has 7 heteroatoms. The molecule has 1 aromatic carbocycles. The fourth-order valence-electron chi connectivity index (χ4n) is 3.04. The summed E-state index contributed by atoms with van der Waals surface area (Å²) in [5, 5.41) is 6.17. The zero-order chi connectivity index (χ0) is 18.1. The summed E-state index contributed by atoms with van der Waals surface area (Å²) < 4.78 is 10.3. The van der Waals surface area contributed by atoms with Gasteiger partial charge in [-0.2, -0.15) is 0 Å². The Labute approximate surface area is 161 Å². The number of esters is 1. The monoisotopic (exact) mass is 384 g/mol. The number of nitrogens with one attached hydrogen (secondary N) is 2. The van der Waals surface area contributed by atoms with Crippen LogP contribution in [0.3, 0.4) is 0 Å². The Balaban J connectivity index is 0.00000338. The van der Waals surface area contributed by atoms with E-state index in [4.69, 9.17) is 9.47 Å². The Kier molecular flexibility index (Phi) is 10.1. The molecule has 6 nitrogen and oxygen atoms in total. The second kappa shape index (κ2) is 11.8. The quantitative estimate of drug-likeness (QED) is 0.637. The molecule has 1 aliphatic heterocycles. The van der Waals surface area contributed by atoms with E-state index in [0.29, 0.717) is 19.4 Å². The maximum Gasteiger partial charge on any atom is 0.310 e. The van der Waals surface area contributed by atoms with E-state index < -0.39 is 5.92 Å². The lowest BCUT2D eigenvalue weighted by atomic mass is 9.99. The van der Waals surface area contributed by atoms with E-state index in [9.17, 15) is 9.59 Å². The number of hydrogen-bond donors (Lipinski definition) is 2. The van der Waals surface area contributed by atoms with Gasteiger partial charge in [0, 0.05) is 19.0 Å². The molecule has 0 bridgehead atoms. The van der Waals surface area contributed by atoms with Gasteiger partial charge in [-0.3, -0.25) is 9.59 Å². The van der Waals surface area contributed by atoms with Crippen LogP contribution < -0.4 is 15.4 Å². The predicted molar refractivity (Wildman–Crippen MR) is 103 cm³/mol. The van der Waals surface area contributed by atoms with Crippen molar-refractivity contribution in [3.05, 3.63) is 29.8 Å². The number of halogens is 1. The molecule has 1 saturated heterocycles. The third-order valence-electron chi connectivity index (χ3n) is 4.39. The van der Waals surface area contributed by atoms with Crippen molar-refractivity contribution < 1.29 is 19.1 Å². The summed E-state index contributed by atoms with van der Waals surface area (Å²) in [6, 6.07) is 7.90. The van der Waals surface area contributed by atoms with Crippen molar-refractivity contribution >= 4 is 24.3 Å². The van der Waals surface area contributed by atoms with E-state index in [-0.39, 0.29) is 36.9 Å². The van der Waals surface area contributed by atoms with Gasteiger partial charge in [0.05, 0.1) is 19.6 Å². The number of amides is 1. The van der Waals surface area contributed by atoms with Gasteiger partial charge < -0.3 is 20.1 Å². The molecule has 2 unspecified atom stereocenters. The number of ether oxygens (including phenoxy) is 2. The molecule has 0 aliphatic carbocycles. The van der Waals surface area contributed by atoms with Crippen LogP contribution >= 0.6 is 12.4 Å². The Morgan fingerprint density at radius 1 is 1.31 bits per heavy atom. The van der Waals surface area contributed by atoms with E-state index in [2.05, 4.69) is 10.6 Å². The largest absolute Gasteiger partial charge is 0.494 e. The zero-order valence-electron chi connectivity index (χ0n) is 15.5. The van der Waals surface area contributed by atoms with E-state index >= 15 is 0 Å². The molecule has 0 radical (unpaired) electrons. The molecule has 1 aliphatic rings. The second-order valence-corrected chi connectivity index (χ2v) is 6.30. The first kappa shape index (κ1) is 22.3. The number of carbonyl (C=O) groups excluding carboxylic acids is 2. The molecular weight excluding hydrogens is 356 g/mol. The Morgan fingerprint density at radius 3 is 2.62 bits per heavy atom. The summed E-state index contributed by atoms with van der Waals surface area (Å²) in [7, 11) is 1.37. The fourth-order valence-corrected chi connectivity index (χ4v) is 3.04. The number of rotatable bonds is 9. The first-order chi connectivity index (χ1) is 12.1. The number of hydrogen-bond acceptors (Lipinski definition) is 5. The van der Waals surface area contributed by atoms with Crippen LogP contribution in [-0.4, -0.2) is 44.7 Å². The molecule has 0 saturated carbocycles. The molecule has 2 rings (SSSR count). The lowest BCUT2D eigenvalue weighted by molar-refractivity contribution is -0.145. The van der Waals surface area contributed by atoms with Crippen molar-refractivity contribution in [3.63, 3.8) is 0 Å². The maximum atomic E-state index is 12.1. The van der Waals surface area contributed by atoms with Crippen LogP contribution in [0.25, 0.3) is 0 Å². The average molecular weight is 385 g/mol. The van der Waals surface area contributed by atoms with E-state index in [1.54, 1.807) is 0 Å². The third kappa shape index (κ3) is 7.22. The lowest BCUT2D eigenvalue weighted by Crippen LogP contribution is -2.37. The number of benzene rings is 1. The van der Waals surface area contributed by atoms with Crippen LogP contribution in [0, 0.1) is 5.92 Å². The normalized spacial score (nSPS) is 17.1. The summed E-state index contributed by atoms with van der Waals surface area (Å²) in [6.07, 6.45) is 3.11. The highest BCUT2D eigenvalue weighted by atomic mass is 35.5. The first-order valence-corrected chi connectivity index (χ1v) is 8.92. The van der Waals surface area contributed by atoms with Gasteiger partial charge in [0.1, 0.15) is 5.75 Å². The Bertz CT molecular complexity index is 559. The highest BCUT2D eigenvalue weighted by Crippen LogP contribution is 2.16. The zero-order valence-corrected chi connectivity index (χ0v) is 16.3. The molecule has 0 aromatic heterocycles. The summed E-state index contributed by atoms with van der Waals surface area (Å²) >= 11 is 0. The van der Waals surface area contributed by atoms with Gasteiger partial charge in [-0.05, 0) is 50.4 Å². The number of methoxy groups -OCH3 is 1. The van der Waals surface area contributed by atoms with Gasteiger partial charge in [-0.25, -0.2) is 0 Å². The van der Waals surface area contributed by atoms with Crippen LogP contribution in [0.1, 0.15) is 31.7 Å². The van der Waals surface area contributed by atoms with Gasteiger partial charge in [0.15, 0.2) is 0 Å². The van der Waals surface area contributed by atoms with Crippen LogP contribution in [0.2, 0.25) is 0 Å². The third-order valence-corrected chi connectivity index (χ3v) is 4.39. The summed E-state index contributed by atoms with van der Waals surface area (Å²) in [5.41, 5.74) is 1.01. The molecule has 2 N–H and O–H groups in total. The smallest absolute Gasteiger partial charge is 0.310 e. The Morgan fingerprint density at radius 2 is 2.04 bits per heavy atom.